The van der Waals surface area contributed by atoms with Gasteiger partial charge >= 0.3 is 0 Å². The lowest BCUT2D eigenvalue weighted by molar-refractivity contribution is -0.118. The monoisotopic (exact) mass is 429 g/mol. The molecule has 8 heteroatoms. The van der Waals surface area contributed by atoms with Crippen molar-refractivity contribution in [2.45, 2.75) is 37.8 Å². The Morgan fingerprint density at radius 2 is 2.03 bits per heavy atom. The Bertz CT molecular complexity index is 1100. The fourth-order valence-corrected chi connectivity index (χ4v) is 5.76. The molecule has 0 saturated heterocycles. The summed E-state index contributed by atoms with van der Waals surface area (Å²) < 4.78 is 7.16. The van der Waals surface area contributed by atoms with Gasteiger partial charge in [-0.05, 0) is 62.4 Å². The van der Waals surface area contributed by atoms with Crippen LogP contribution in [-0.4, -0.2) is 34.9 Å². The maximum atomic E-state index is 13.6. The van der Waals surface area contributed by atoms with E-state index < -0.39 is 0 Å². The van der Waals surface area contributed by atoms with Gasteiger partial charge in [-0.2, -0.15) is 0 Å². The number of benzene rings is 1. The number of fused-ring (bicyclic) bond motifs is 3. The van der Waals surface area contributed by atoms with Gasteiger partial charge < -0.3 is 10.1 Å². The minimum atomic E-state index is -0.104. The fraction of sp³-hybridized carbons (Fsp3) is 0.381. The number of hydrogen-bond acceptors (Lipinski definition) is 6. The topological polar surface area (TPSA) is 73.2 Å². The Hall–Kier alpha value is -2.32. The molecule has 3 aromatic rings. The van der Waals surface area contributed by atoms with Gasteiger partial charge in [0, 0.05) is 11.9 Å². The van der Waals surface area contributed by atoms with Crippen LogP contribution in [0.25, 0.3) is 15.9 Å². The van der Waals surface area contributed by atoms with Gasteiger partial charge in [0.05, 0.1) is 23.4 Å². The van der Waals surface area contributed by atoms with E-state index in [0.717, 1.165) is 52.9 Å². The molecule has 0 spiro atoms. The molecule has 0 atom stereocenters. The highest BCUT2D eigenvalue weighted by Gasteiger charge is 2.23. The van der Waals surface area contributed by atoms with Crippen LogP contribution in [0.3, 0.4) is 0 Å². The van der Waals surface area contributed by atoms with Crippen LogP contribution in [0.15, 0.2) is 34.2 Å². The zero-order valence-electron chi connectivity index (χ0n) is 16.5. The van der Waals surface area contributed by atoms with E-state index in [1.807, 2.05) is 31.2 Å². The molecule has 0 saturated carbocycles. The van der Waals surface area contributed by atoms with Gasteiger partial charge in [-0.25, -0.2) is 4.98 Å². The molecule has 1 aliphatic carbocycles. The largest absolute Gasteiger partial charge is 0.494 e. The van der Waals surface area contributed by atoms with Crippen LogP contribution in [0, 0.1) is 0 Å². The molecule has 152 valence electrons. The summed E-state index contributed by atoms with van der Waals surface area (Å²) in [5, 5.41) is 3.89. The number of aryl methyl sites for hydroxylation is 2. The third-order valence-electron chi connectivity index (χ3n) is 4.98. The minimum absolute atomic E-state index is 0.0574. The molecular weight excluding hydrogens is 406 g/mol. The second kappa shape index (κ2) is 8.59. The van der Waals surface area contributed by atoms with Crippen LogP contribution in [0.5, 0.6) is 5.75 Å². The van der Waals surface area contributed by atoms with Gasteiger partial charge in [-0.1, -0.05) is 11.8 Å². The maximum absolute atomic E-state index is 13.6. The highest BCUT2D eigenvalue weighted by Crippen LogP contribution is 2.35. The number of rotatable bonds is 6. The quantitative estimate of drug-likeness (QED) is 0.479. The minimum Gasteiger partial charge on any atom is -0.494 e. The number of thioether (sulfide) groups is 1. The molecule has 2 heterocycles. The lowest BCUT2D eigenvalue weighted by Crippen LogP contribution is -2.24. The lowest BCUT2D eigenvalue weighted by Gasteiger charge is -2.14. The predicted molar refractivity (Wildman–Crippen MR) is 118 cm³/mol. The SMILES string of the molecule is CCOc1ccc(-n2c(SCC(=O)NC)nc3sc4c(c3c2=O)CCCC4)cc1. The smallest absolute Gasteiger partial charge is 0.267 e. The number of aromatic nitrogens is 2. The van der Waals surface area contributed by atoms with Crippen LogP contribution >= 0.6 is 23.1 Å². The van der Waals surface area contributed by atoms with Crippen molar-refractivity contribution in [3.8, 4) is 11.4 Å². The number of nitrogens with one attached hydrogen (secondary N) is 1. The molecule has 0 unspecified atom stereocenters. The zero-order chi connectivity index (χ0) is 20.4. The first kappa shape index (κ1) is 20.0. The Morgan fingerprint density at radius 3 is 2.76 bits per heavy atom. The summed E-state index contributed by atoms with van der Waals surface area (Å²) in [6.45, 7) is 2.52. The van der Waals surface area contributed by atoms with Crippen molar-refractivity contribution in [1.82, 2.24) is 14.9 Å². The molecule has 1 N–H and O–H groups in total. The van der Waals surface area contributed by atoms with E-state index in [9.17, 15) is 9.59 Å². The Labute approximate surface area is 177 Å². The highest BCUT2D eigenvalue weighted by atomic mass is 32.2. The van der Waals surface area contributed by atoms with Crippen molar-refractivity contribution in [1.29, 1.82) is 0 Å². The standard InChI is InChI=1S/C21H23N3O3S2/c1-3-27-14-10-8-13(9-11-14)24-20(26)18-15-6-4-5-7-16(15)29-19(18)23-21(24)28-12-17(25)22-2/h8-11H,3-7,12H2,1-2H3,(H,22,25). The van der Waals surface area contributed by atoms with Crippen LogP contribution in [0.2, 0.25) is 0 Å². The summed E-state index contributed by atoms with van der Waals surface area (Å²) in [5.41, 5.74) is 1.83. The van der Waals surface area contributed by atoms with Crippen molar-refractivity contribution in [3.63, 3.8) is 0 Å². The van der Waals surface area contributed by atoms with E-state index in [2.05, 4.69) is 5.32 Å². The second-order valence-corrected chi connectivity index (χ2v) is 8.84. The average Bonchev–Trinajstić information content (AvgIpc) is 3.11. The van der Waals surface area contributed by atoms with E-state index in [1.54, 1.807) is 23.0 Å². The second-order valence-electron chi connectivity index (χ2n) is 6.81. The third kappa shape index (κ3) is 3.91. The number of carbonyl (C=O) groups excluding carboxylic acids is 1. The first-order valence-electron chi connectivity index (χ1n) is 9.76. The summed E-state index contributed by atoms with van der Waals surface area (Å²) in [4.78, 5) is 32.3. The molecule has 2 aromatic heterocycles. The lowest BCUT2D eigenvalue weighted by atomic mass is 9.97. The van der Waals surface area contributed by atoms with Gasteiger partial charge in [-0.3, -0.25) is 14.2 Å². The van der Waals surface area contributed by atoms with Crippen LogP contribution in [-0.2, 0) is 17.6 Å². The molecule has 0 bridgehead atoms. The summed E-state index contributed by atoms with van der Waals surface area (Å²) >= 11 is 2.90. The third-order valence-corrected chi connectivity index (χ3v) is 7.10. The van der Waals surface area contributed by atoms with Gasteiger partial charge in [-0.15, -0.1) is 11.3 Å². The number of carbonyl (C=O) groups is 1. The van der Waals surface area contributed by atoms with Crippen molar-refractivity contribution >= 4 is 39.2 Å². The highest BCUT2D eigenvalue weighted by molar-refractivity contribution is 7.99. The molecule has 4 rings (SSSR count). The zero-order valence-corrected chi connectivity index (χ0v) is 18.1. The average molecular weight is 430 g/mol. The maximum Gasteiger partial charge on any atom is 0.267 e. The van der Waals surface area contributed by atoms with Crippen molar-refractivity contribution in [2.24, 2.45) is 0 Å². The Balaban J connectivity index is 1.87. The van der Waals surface area contributed by atoms with Crippen LogP contribution < -0.4 is 15.6 Å². The van der Waals surface area contributed by atoms with Crippen molar-refractivity contribution < 1.29 is 9.53 Å². The first-order valence-corrected chi connectivity index (χ1v) is 11.6. The fourth-order valence-electron chi connectivity index (χ4n) is 3.57. The van der Waals surface area contributed by atoms with Crippen molar-refractivity contribution in [3.05, 3.63) is 45.1 Å². The summed E-state index contributed by atoms with van der Waals surface area (Å²) in [5.74, 6) is 0.857. The summed E-state index contributed by atoms with van der Waals surface area (Å²) in [6, 6.07) is 7.43. The Morgan fingerprint density at radius 1 is 1.28 bits per heavy atom. The molecule has 0 fully saturated rings. The molecule has 1 amide bonds. The van der Waals surface area contributed by atoms with E-state index in [1.165, 1.54) is 16.6 Å². The van der Waals surface area contributed by atoms with Crippen LogP contribution in [0.4, 0.5) is 0 Å². The predicted octanol–water partition coefficient (Wildman–Crippen LogP) is 3.56. The number of thiophene rings is 1. The number of amides is 1. The molecule has 29 heavy (non-hydrogen) atoms. The molecule has 1 aromatic carbocycles. The summed E-state index contributed by atoms with van der Waals surface area (Å²) in [7, 11) is 1.60. The Kier molecular flexibility index (Phi) is 5.91. The van der Waals surface area contributed by atoms with Crippen molar-refractivity contribution in [2.75, 3.05) is 19.4 Å². The molecule has 1 aliphatic rings. The molecular formula is C21H23N3O3S2. The molecule has 0 aliphatic heterocycles. The van der Waals surface area contributed by atoms with Crippen LogP contribution in [0.1, 0.15) is 30.2 Å². The normalized spacial score (nSPS) is 13.3. The van der Waals surface area contributed by atoms with Gasteiger partial charge in [0.15, 0.2) is 5.16 Å². The number of ether oxygens (including phenoxy) is 1. The number of nitrogens with zero attached hydrogens (tertiary/aromatic N) is 2. The van der Waals surface area contributed by atoms with Gasteiger partial charge in [0.25, 0.3) is 5.56 Å². The van der Waals surface area contributed by atoms with Gasteiger partial charge in [0.1, 0.15) is 10.6 Å². The number of hydrogen-bond donors (Lipinski definition) is 1. The van der Waals surface area contributed by atoms with E-state index in [-0.39, 0.29) is 17.2 Å². The molecule has 0 radical (unpaired) electrons. The first-order chi connectivity index (χ1) is 14.1. The van der Waals surface area contributed by atoms with Gasteiger partial charge in [0.2, 0.25) is 5.91 Å². The van der Waals surface area contributed by atoms with E-state index >= 15 is 0 Å². The van der Waals surface area contributed by atoms with E-state index in [4.69, 9.17) is 9.72 Å². The summed E-state index contributed by atoms with van der Waals surface area (Å²) in [6.07, 6.45) is 4.21. The van der Waals surface area contributed by atoms with E-state index in [0.29, 0.717) is 11.8 Å². The molecule has 6 nitrogen and oxygen atoms in total.